The van der Waals surface area contributed by atoms with E-state index in [1.165, 1.54) is 0 Å². The quantitative estimate of drug-likeness (QED) is 0.829. The van der Waals surface area contributed by atoms with Gasteiger partial charge in [-0.1, -0.05) is 13.3 Å². The number of fused-ring (bicyclic) bond motifs is 1. The van der Waals surface area contributed by atoms with Gasteiger partial charge in [0, 0.05) is 37.3 Å². The maximum Gasteiger partial charge on any atom is 0.120 e. The highest BCUT2D eigenvalue weighted by Crippen LogP contribution is 2.32. The van der Waals surface area contributed by atoms with Gasteiger partial charge in [0.25, 0.3) is 0 Å². The normalized spacial score (nSPS) is 10.9. The first-order valence-corrected chi connectivity index (χ1v) is 7.51. The number of aryl methyl sites for hydroxylation is 1. The molecular weight excluding hydrogens is 262 g/mol. The van der Waals surface area contributed by atoms with Gasteiger partial charge in [0.05, 0.1) is 17.8 Å². The lowest BCUT2D eigenvalue weighted by Gasteiger charge is -2.21. The number of ether oxygens (including phenoxy) is 1. The van der Waals surface area contributed by atoms with E-state index in [-0.39, 0.29) is 0 Å². The average Bonchev–Trinajstić information content (AvgIpc) is 2.46. The molecule has 1 heterocycles. The van der Waals surface area contributed by atoms with Crippen molar-refractivity contribution in [1.29, 1.82) is 0 Å². The number of benzene rings is 1. The van der Waals surface area contributed by atoms with Crippen LogP contribution in [0.2, 0.25) is 0 Å². The van der Waals surface area contributed by atoms with Gasteiger partial charge in [-0.05, 0) is 31.5 Å². The first-order valence-electron chi connectivity index (χ1n) is 7.51. The fraction of sp³-hybridized carbons (Fsp3) is 0.471. The summed E-state index contributed by atoms with van der Waals surface area (Å²) in [6, 6.07) is 6.09. The van der Waals surface area contributed by atoms with E-state index in [9.17, 15) is 0 Å². The van der Waals surface area contributed by atoms with Crippen molar-refractivity contribution in [3.8, 4) is 5.75 Å². The van der Waals surface area contributed by atoms with Crippen LogP contribution in [-0.4, -0.2) is 25.7 Å². The van der Waals surface area contributed by atoms with E-state index in [4.69, 9.17) is 10.5 Å². The highest BCUT2D eigenvalue weighted by atomic mass is 16.5. The molecule has 21 heavy (non-hydrogen) atoms. The highest BCUT2D eigenvalue weighted by molar-refractivity contribution is 5.94. The molecule has 0 aliphatic rings. The topological polar surface area (TPSA) is 51.4 Å². The minimum absolute atomic E-state index is 0.489. The Kier molecular flexibility index (Phi) is 5.02. The molecular formula is C17H25N3O. The number of unbranched alkanes of at least 4 members (excludes halogenated alkanes) is 1. The molecule has 1 aromatic heterocycles. The first-order chi connectivity index (χ1) is 10.1. The fourth-order valence-corrected chi connectivity index (χ4v) is 2.56. The van der Waals surface area contributed by atoms with E-state index in [0.717, 1.165) is 53.0 Å². The van der Waals surface area contributed by atoms with E-state index >= 15 is 0 Å². The van der Waals surface area contributed by atoms with E-state index in [1.807, 2.05) is 33.2 Å². The van der Waals surface area contributed by atoms with E-state index in [1.54, 1.807) is 0 Å². The third-order valence-electron chi connectivity index (χ3n) is 3.65. The zero-order chi connectivity index (χ0) is 15.4. The van der Waals surface area contributed by atoms with Crippen LogP contribution in [0.3, 0.4) is 0 Å². The number of nitrogens with two attached hydrogens (primary N) is 1. The Hall–Kier alpha value is -1.81. The summed E-state index contributed by atoms with van der Waals surface area (Å²) < 4.78 is 5.82. The maximum atomic E-state index is 5.92. The lowest BCUT2D eigenvalue weighted by molar-refractivity contribution is 0.310. The fourth-order valence-electron chi connectivity index (χ4n) is 2.56. The van der Waals surface area contributed by atoms with Gasteiger partial charge in [-0.15, -0.1) is 0 Å². The van der Waals surface area contributed by atoms with Gasteiger partial charge in [0.2, 0.25) is 0 Å². The van der Waals surface area contributed by atoms with E-state index in [2.05, 4.69) is 22.9 Å². The number of hydrogen-bond donors (Lipinski definition) is 1. The van der Waals surface area contributed by atoms with Crippen LogP contribution >= 0.6 is 0 Å². The molecule has 4 nitrogen and oxygen atoms in total. The molecule has 114 valence electrons. The summed E-state index contributed by atoms with van der Waals surface area (Å²) >= 11 is 0. The van der Waals surface area contributed by atoms with Crippen molar-refractivity contribution in [2.45, 2.75) is 33.2 Å². The smallest absolute Gasteiger partial charge is 0.120 e. The summed E-state index contributed by atoms with van der Waals surface area (Å²) in [5, 5.41) is 1.10. The number of aromatic nitrogens is 1. The molecule has 4 heteroatoms. The Morgan fingerprint density at radius 3 is 2.67 bits per heavy atom. The van der Waals surface area contributed by atoms with Crippen molar-refractivity contribution in [2.24, 2.45) is 5.73 Å². The number of pyridine rings is 1. The van der Waals surface area contributed by atoms with Crippen LogP contribution in [0.25, 0.3) is 10.9 Å². The molecule has 1 aromatic carbocycles. The predicted molar refractivity (Wildman–Crippen MR) is 89.1 cm³/mol. The standard InChI is InChI=1S/C17H25N3O/c1-5-6-9-21-13-7-8-16-14(10-13)17(20(3)4)15(11-18)12(2)19-16/h7-8,10H,5-6,9,11,18H2,1-4H3. The lowest BCUT2D eigenvalue weighted by Crippen LogP contribution is -2.15. The second-order valence-electron chi connectivity index (χ2n) is 5.50. The van der Waals surface area contributed by atoms with Crippen LogP contribution in [0.5, 0.6) is 5.75 Å². The Labute approximate surface area is 126 Å². The van der Waals surface area contributed by atoms with Gasteiger partial charge in [-0.3, -0.25) is 4.98 Å². The molecule has 0 atom stereocenters. The van der Waals surface area contributed by atoms with E-state index < -0.39 is 0 Å². The maximum absolute atomic E-state index is 5.92. The lowest BCUT2D eigenvalue weighted by atomic mass is 10.0. The Morgan fingerprint density at radius 2 is 2.05 bits per heavy atom. The van der Waals surface area contributed by atoms with E-state index in [0.29, 0.717) is 6.54 Å². The van der Waals surface area contributed by atoms with Crippen LogP contribution in [0, 0.1) is 6.92 Å². The molecule has 0 amide bonds. The van der Waals surface area contributed by atoms with Crippen molar-refractivity contribution >= 4 is 16.6 Å². The van der Waals surface area contributed by atoms with Gasteiger partial charge >= 0.3 is 0 Å². The number of hydrogen-bond acceptors (Lipinski definition) is 4. The molecule has 2 N–H and O–H groups in total. The SMILES string of the molecule is CCCCOc1ccc2nc(C)c(CN)c(N(C)C)c2c1. The van der Waals surface area contributed by atoms with Crippen LogP contribution < -0.4 is 15.4 Å². The van der Waals surface area contributed by atoms with Gasteiger partial charge in [0.15, 0.2) is 0 Å². The number of anilines is 1. The molecule has 0 aliphatic heterocycles. The zero-order valence-corrected chi connectivity index (χ0v) is 13.4. The summed E-state index contributed by atoms with van der Waals surface area (Å²) in [7, 11) is 4.08. The molecule has 2 aromatic rings. The molecule has 0 bridgehead atoms. The molecule has 0 fully saturated rings. The van der Waals surface area contributed by atoms with Crippen molar-refractivity contribution in [2.75, 3.05) is 25.6 Å². The Bertz CT molecular complexity index is 623. The number of rotatable bonds is 6. The molecule has 0 saturated heterocycles. The monoisotopic (exact) mass is 287 g/mol. The van der Waals surface area contributed by atoms with Crippen LogP contribution in [0.1, 0.15) is 31.0 Å². The second-order valence-corrected chi connectivity index (χ2v) is 5.50. The second kappa shape index (κ2) is 6.76. The zero-order valence-electron chi connectivity index (χ0n) is 13.4. The Morgan fingerprint density at radius 1 is 1.29 bits per heavy atom. The van der Waals surface area contributed by atoms with Gasteiger partial charge in [0.1, 0.15) is 5.75 Å². The summed E-state index contributed by atoms with van der Waals surface area (Å²) in [5.74, 6) is 0.896. The van der Waals surface area contributed by atoms with Crippen molar-refractivity contribution < 1.29 is 4.74 Å². The van der Waals surface area contributed by atoms with Gasteiger partial charge in [-0.25, -0.2) is 0 Å². The molecule has 0 aliphatic carbocycles. The summed E-state index contributed by atoms with van der Waals surface area (Å²) in [5.41, 5.74) is 10.1. The largest absolute Gasteiger partial charge is 0.494 e. The molecule has 0 unspecified atom stereocenters. The Balaban J connectivity index is 2.53. The highest BCUT2D eigenvalue weighted by Gasteiger charge is 2.14. The van der Waals surface area contributed by atoms with Crippen molar-refractivity contribution in [1.82, 2.24) is 4.98 Å². The van der Waals surface area contributed by atoms with Crippen molar-refractivity contribution in [3.05, 3.63) is 29.5 Å². The third kappa shape index (κ3) is 3.27. The average molecular weight is 287 g/mol. The van der Waals surface area contributed by atoms with Crippen LogP contribution in [0.15, 0.2) is 18.2 Å². The van der Waals surface area contributed by atoms with Gasteiger partial charge in [-0.2, -0.15) is 0 Å². The number of nitrogens with zero attached hydrogens (tertiary/aromatic N) is 2. The molecule has 0 saturated carbocycles. The first kappa shape index (κ1) is 15.6. The minimum Gasteiger partial charge on any atom is -0.494 e. The summed E-state index contributed by atoms with van der Waals surface area (Å²) in [6.07, 6.45) is 2.20. The van der Waals surface area contributed by atoms with Crippen molar-refractivity contribution in [3.63, 3.8) is 0 Å². The molecule has 0 radical (unpaired) electrons. The minimum atomic E-state index is 0.489. The molecule has 0 spiro atoms. The summed E-state index contributed by atoms with van der Waals surface area (Å²) in [4.78, 5) is 6.77. The third-order valence-corrected chi connectivity index (χ3v) is 3.65. The van der Waals surface area contributed by atoms with Gasteiger partial charge < -0.3 is 15.4 Å². The molecule has 2 rings (SSSR count). The predicted octanol–water partition coefficient (Wildman–Crippen LogP) is 3.25. The van der Waals surface area contributed by atoms with Crippen LogP contribution in [-0.2, 0) is 6.54 Å². The summed E-state index contributed by atoms with van der Waals surface area (Å²) in [6.45, 7) is 5.42. The van der Waals surface area contributed by atoms with Crippen LogP contribution in [0.4, 0.5) is 5.69 Å².